The van der Waals surface area contributed by atoms with Crippen molar-refractivity contribution in [1.29, 1.82) is 0 Å². The van der Waals surface area contributed by atoms with Crippen LogP contribution in [0.25, 0.3) is 0 Å². The lowest BCUT2D eigenvalue weighted by atomic mass is 9.92. The maximum Gasteiger partial charge on any atom is 0.175 e. The number of nitrogens with one attached hydrogen (secondary N) is 1. The Morgan fingerprint density at radius 2 is 2.25 bits per heavy atom. The van der Waals surface area contributed by atoms with E-state index in [9.17, 15) is 0 Å². The first-order valence-corrected chi connectivity index (χ1v) is 6.17. The van der Waals surface area contributed by atoms with E-state index < -0.39 is 0 Å². The minimum absolute atomic E-state index is 0.673. The first-order chi connectivity index (χ1) is 7.70. The molecule has 1 saturated carbocycles. The topological polar surface area (TPSA) is 55.6 Å². The molecular weight excluding hydrogens is 202 g/mol. The van der Waals surface area contributed by atoms with Gasteiger partial charge in [-0.1, -0.05) is 13.8 Å². The molecule has 1 aliphatic rings. The van der Waals surface area contributed by atoms with Crippen LogP contribution in [0.1, 0.15) is 32.5 Å². The van der Waals surface area contributed by atoms with Crippen LogP contribution in [-0.2, 0) is 13.5 Å². The van der Waals surface area contributed by atoms with Gasteiger partial charge in [-0.2, -0.15) is 4.80 Å². The van der Waals surface area contributed by atoms with Crippen molar-refractivity contribution >= 4 is 0 Å². The molecule has 1 heterocycles. The first-order valence-electron chi connectivity index (χ1n) is 6.17. The summed E-state index contributed by atoms with van der Waals surface area (Å²) < 4.78 is 0. The highest BCUT2D eigenvalue weighted by Crippen LogP contribution is 2.33. The molecule has 0 aromatic carbocycles. The highest BCUT2D eigenvalue weighted by atomic mass is 15.6. The van der Waals surface area contributed by atoms with Crippen molar-refractivity contribution in [2.45, 2.75) is 39.2 Å². The molecular formula is C11H21N5. The Morgan fingerprint density at radius 3 is 2.88 bits per heavy atom. The highest BCUT2D eigenvalue weighted by molar-refractivity contribution is 4.92. The van der Waals surface area contributed by atoms with Gasteiger partial charge in [0.25, 0.3) is 0 Å². The quantitative estimate of drug-likeness (QED) is 0.819. The van der Waals surface area contributed by atoms with E-state index in [1.165, 1.54) is 17.6 Å². The zero-order valence-electron chi connectivity index (χ0n) is 10.3. The molecule has 1 fully saturated rings. The predicted molar refractivity (Wildman–Crippen MR) is 61.9 cm³/mol. The first kappa shape index (κ1) is 11.5. The summed E-state index contributed by atoms with van der Waals surface area (Å²) in [6.45, 7) is 5.57. The fourth-order valence-electron chi connectivity index (χ4n) is 2.73. The predicted octanol–water partition coefficient (Wildman–Crippen LogP) is 0.777. The smallest absolute Gasteiger partial charge is 0.175 e. The Bertz CT molecular complexity index is 335. The number of aryl methyl sites for hydroxylation is 1. The number of hydrogen-bond donors (Lipinski definition) is 1. The van der Waals surface area contributed by atoms with Crippen molar-refractivity contribution in [3.8, 4) is 0 Å². The van der Waals surface area contributed by atoms with Crippen LogP contribution in [0.3, 0.4) is 0 Å². The minimum Gasteiger partial charge on any atom is -0.314 e. The molecule has 0 amide bonds. The second kappa shape index (κ2) is 4.91. The molecule has 3 atom stereocenters. The van der Waals surface area contributed by atoms with Crippen molar-refractivity contribution in [3.05, 3.63) is 5.82 Å². The van der Waals surface area contributed by atoms with Gasteiger partial charge >= 0.3 is 0 Å². The maximum atomic E-state index is 4.25. The van der Waals surface area contributed by atoms with E-state index in [4.69, 9.17) is 0 Å². The molecule has 0 saturated heterocycles. The molecule has 1 N–H and O–H groups in total. The molecule has 5 nitrogen and oxygen atoms in total. The second-order valence-corrected chi connectivity index (χ2v) is 4.76. The fourth-order valence-corrected chi connectivity index (χ4v) is 2.73. The number of rotatable bonds is 4. The van der Waals surface area contributed by atoms with E-state index in [1.807, 2.05) is 7.05 Å². The Hall–Kier alpha value is -0.970. The molecule has 0 aliphatic heterocycles. The van der Waals surface area contributed by atoms with Gasteiger partial charge in [0.05, 0.1) is 7.05 Å². The molecule has 1 aromatic heterocycles. The van der Waals surface area contributed by atoms with Crippen molar-refractivity contribution in [1.82, 2.24) is 25.5 Å². The van der Waals surface area contributed by atoms with Crippen molar-refractivity contribution in [3.63, 3.8) is 0 Å². The van der Waals surface area contributed by atoms with Crippen LogP contribution >= 0.6 is 0 Å². The highest BCUT2D eigenvalue weighted by Gasteiger charge is 2.32. The summed E-state index contributed by atoms with van der Waals surface area (Å²) in [5.74, 6) is 2.30. The van der Waals surface area contributed by atoms with Crippen LogP contribution in [-0.4, -0.2) is 32.8 Å². The number of aromatic nitrogens is 4. The molecule has 0 radical (unpaired) electrons. The average Bonchev–Trinajstić information content (AvgIpc) is 2.80. The lowest BCUT2D eigenvalue weighted by Crippen LogP contribution is -2.32. The van der Waals surface area contributed by atoms with E-state index in [2.05, 4.69) is 34.6 Å². The molecule has 1 aliphatic carbocycles. The van der Waals surface area contributed by atoms with Crippen LogP contribution in [0.5, 0.6) is 0 Å². The lowest BCUT2D eigenvalue weighted by Gasteiger charge is -2.20. The number of nitrogens with zero attached hydrogens (tertiary/aromatic N) is 4. The molecule has 90 valence electrons. The van der Waals surface area contributed by atoms with E-state index in [0.29, 0.717) is 17.9 Å². The summed E-state index contributed by atoms with van der Waals surface area (Å²) in [4.78, 5) is 1.54. The molecule has 0 bridgehead atoms. The van der Waals surface area contributed by atoms with E-state index in [0.717, 1.165) is 18.8 Å². The normalized spacial score (nSPS) is 29.8. The van der Waals surface area contributed by atoms with Gasteiger partial charge in [0.2, 0.25) is 0 Å². The summed E-state index contributed by atoms with van der Waals surface area (Å²) >= 11 is 0. The second-order valence-electron chi connectivity index (χ2n) is 4.76. The Morgan fingerprint density at radius 1 is 1.44 bits per heavy atom. The van der Waals surface area contributed by atoms with Crippen LogP contribution in [0.4, 0.5) is 0 Å². The summed E-state index contributed by atoms with van der Waals surface area (Å²) in [5, 5.41) is 15.8. The van der Waals surface area contributed by atoms with Crippen LogP contribution in [0, 0.1) is 11.8 Å². The third-order valence-corrected chi connectivity index (χ3v) is 3.69. The van der Waals surface area contributed by atoms with Crippen molar-refractivity contribution in [2.75, 3.05) is 6.54 Å². The Kier molecular flexibility index (Phi) is 3.53. The average molecular weight is 223 g/mol. The maximum absolute atomic E-state index is 4.25. The zero-order chi connectivity index (χ0) is 11.5. The molecule has 16 heavy (non-hydrogen) atoms. The number of tetrazole rings is 1. The molecule has 1 aromatic rings. The van der Waals surface area contributed by atoms with Crippen LogP contribution < -0.4 is 5.32 Å². The number of hydrogen-bond acceptors (Lipinski definition) is 4. The van der Waals surface area contributed by atoms with Crippen LogP contribution in [0.15, 0.2) is 0 Å². The third-order valence-electron chi connectivity index (χ3n) is 3.69. The minimum atomic E-state index is 0.673. The Labute approximate surface area is 96.6 Å². The molecule has 0 spiro atoms. The van der Waals surface area contributed by atoms with Crippen molar-refractivity contribution < 1.29 is 0 Å². The van der Waals surface area contributed by atoms with Gasteiger partial charge in [0, 0.05) is 12.5 Å². The summed E-state index contributed by atoms with van der Waals surface area (Å²) in [6.07, 6.45) is 3.52. The largest absolute Gasteiger partial charge is 0.314 e. The van der Waals surface area contributed by atoms with Gasteiger partial charge in [-0.3, -0.25) is 0 Å². The summed E-state index contributed by atoms with van der Waals surface area (Å²) in [6, 6.07) is 0.673. The molecule has 3 unspecified atom stereocenters. The molecule has 2 rings (SSSR count). The monoisotopic (exact) mass is 223 g/mol. The lowest BCUT2D eigenvalue weighted by molar-refractivity contribution is 0.350. The van der Waals surface area contributed by atoms with Gasteiger partial charge in [0.15, 0.2) is 5.82 Å². The SMILES string of the molecule is CCNC1CCC(Cc2nnn(C)n2)C1C. The molecule has 5 heteroatoms. The van der Waals surface area contributed by atoms with Crippen molar-refractivity contribution in [2.24, 2.45) is 18.9 Å². The standard InChI is InChI=1S/C11H21N5/c1-4-12-10-6-5-9(8(10)2)7-11-13-15-16(3)14-11/h8-10,12H,4-7H2,1-3H3. The fraction of sp³-hybridized carbons (Fsp3) is 0.909. The van der Waals surface area contributed by atoms with E-state index >= 15 is 0 Å². The van der Waals surface area contributed by atoms with E-state index in [-0.39, 0.29) is 0 Å². The zero-order valence-corrected chi connectivity index (χ0v) is 10.3. The van der Waals surface area contributed by atoms with Gasteiger partial charge in [-0.25, -0.2) is 0 Å². The van der Waals surface area contributed by atoms with Gasteiger partial charge < -0.3 is 5.32 Å². The summed E-state index contributed by atoms with van der Waals surface area (Å²) in [5.41, 5.74) is 0. The van der Waals surface area contributed by atoms with Gasteiger partial charge in [-0.15, -0.1) is 10.2 Å². The van der Waals surface area contributed by atoms with Crippen LogP contribution in [0.2, 0.25) is 0 Å². The summed E-state index contributed by atoms with van der Waals surface area (Å²) in [7, 11) is 1.82. The van der Waals surface area contributed by atoms with E-state index in [1.54, 1.807) is 0 Å². The third kappa shape index (κ3) is 2.40. The van der Waals surface area contributed by atoms with Gasteiger partial charge in [0.1, 0.15) is 0 Å². The Balaban J connectivity index is 1.92. The van der Waals surface area contributed by atoms with Gasteiger partial charge in [-0.05, 0) is 36.4 Å².